The molecule has 1 aliphatic rings. The summed E-state index contributed by atoms with van der Waals surface area (Å²) in [6, 6.07) is 10.4. The number of carbonyl (C=O) groups excluding carboxylic acids is 1. The molecule has 2 aromatic carbocycles. The smallest absolute Gasteiger partial charge is 0.416 e. The lowest BCUT2D eigenvalue weighted by Crippen LogP contribution is -2.63. The molecule has 126 valence electrons. The fourth-order valence-corrected chi connectivity index (χ4v) is 2.77. The number of anilines is 1. The summed E-state index contributed by atoms with van der Waals surface area (Å²) in [5.41, 5.74) is 6.31. The second-order valence-electron chi connectivity index (χ2n) is 5.50. The highest BCUT2D eigenvalue weighted by Gasteiger charge is 2.46. The monoisotopic (exact) mass is 336 g/mol. The molecule has 1 fully saturated rings. The average molecular weight is 336 g/mol. The average Bonchev–Trinajstić information content (AvgIpc) is 2.58. The second-order valence-corrected chi connectivity index (χ2v) is 5.50. The van der Waals surface area contributed by atoms with E-state index in [1.54, 1.807) is 31.4 Å². The molecule has 1 heterocycles. The molecule has 2 aromatic rings. The molecule has 1 aliphatic heterocycles. The first kappa shape index (κ1) is 16.3. The Hall–Kier alpha value is -2.54. The first-order chi connectivity index (χ1) is 11.3. The summed E-state index contributed by atoms with van der Waals surface area (Å²) in [5, 5.41) is 0. The Morgan fingerprint density at radius 3 is 2.12 bits per heavy atom. The van der Waals surface area contributed by atoms with Gasteiger partial charge >= 0.3 is 6.18 Å². The van der Waals surface area contributed by atoms with Gasteiger partial charge < -0.3 is 15.4 Å². The van der Waals surface area contributed by atoms with Crippen LogP contribution in [0.2, 0.25) is 0 Å². The molecule has 7 heteroatoms. The number of hydrogen-bond acceptors (Lipinski definition) is 3. The molecule has 2 atom stereocenters. The minimum Gasteiger partial charge on any atom is -0.497 e. The van der Waals surface area contributed by atoms with E-state index in [-0.39, 0.29) is 5.91 Å². The van der Waals surface area contributed by atoms with Crippen molar-refractivity contribution in [3.8, 4) is 5.75 Å². The Morgan fingerprint density at radius 1 is 1.04 bits per heavy atom. The predicted octanol–water partition coefficient (Wildman–Crippen LogP) is 3.13. The van der Waals surface area contributed by atoms with Gasteiger partial charge in [-0.25, -0.2) is 0 Å². The summed E-state index contributed by atoms with van der Waals surface area (Å²) in [7, 11) is 1.54. The lowest BCUT2D eigenvalue weighted by atomic mass is 9.88. The van der Waals surface area contributed by atoms with Crippen LogP contribution in [0.4, 0.5) is 18.9 Å². The Kier molecular flexibility index (Phi) is 3.96. The molecular formula is C17H15F3N2O2. The number of hydrogen-bond donors (Lipinski definition) is 1. The predicted molar refractivity (Wildman–Crippen MR) is 82.6 cm³/mol. The summed E-state index contributed by atoms with van der Waals surface area (Å²) >= 11 is 0. The largest absolute Gasteiger partial charge is 0.497 e. The zero-order valence-corrected chi connectivity index (χ0v) is 12.7. The molecular weight excluding hydrogens is 321 g/mol. The van der Waals surface area contributed by atoms with Crippen molar-refractivity contribution in [2.45, 2.75) is 18.3 Å². The Balaban J connectivity index is 1.89. The van der Waals surface area contributed by atoms with E-state index in [4.69, 9.17) is 10.5 Å². The second kappa shape index (κ2) is 5.83. The molecule has 0 saturated carbocycles. The molecule has 0 aromatic heterocycles. The Morgan fingerprint density at radius 2 is 1.62 bits per heavy atom. The van der Waals surface area contributed by atoms with Gasteiger partial charge in [0.05, 0.1) is 18.7 Å². The minimum atomic E-state index is -4.41. The van der Waals surface area contributed by atoms with Crippen LogP contribution in [0.3, 0.4) is 0 Å². The lowest BCUT2D eigenvalue weighted by molar-refractivity contribution is -0.137. The summed E-state index contributed by atoms with van der Waals surface area (Å²) in [6.07, 6.45) is -4.41. The molecule has 24 heavy (non-hydrogen) atoms. The van der Waals surface area contributed by atoms with Crippen molar-refractivity contribution >= 4 is 11.6 Å². The molecule has 2 N–H and O–H groups in total. The topological polar surface area (TPSA) is 55.6 Å². The van der Waals surface area contributed by atoms with Crippen molar-refractivity contribution in [2.75, 3.05) is 12.0 Å². The molecule has 0 spiro atoms. The summed E-state index contributed by atoms with van der Waals surface area (Å²) in [5.74, 6) is 0.342. The molecule has 0 radical (unpaired) electrons. The fourth-order valence-electron chi connectivity index (χ4n) is 2.77. The van der Waals surface area contributed by atoms with Crippen LogP contribution in [-0.2, 0) is 11.0 Å². The van der Waals surface area contributed by atoms with Crippen molar-refractivity contribution in [2.24, 2.45) is 5.73 Å². The van der Waals surface area contributed by atoms with E-state index in [9.17, 15) is 18.0 Å². The number of amides is 1. The number of carbonyl (C=O) groups is 1. The highest BCUT2D eigenvalue weighted by atomic mass is 19.4. The van der Waals surface area contributed by atoms with Crippen molar-refractivity contribution in [3.05, 3.63) is 59.7 Å². The molecule has 1 amide bonds. The van der Waals surface area contributed by atoms with E-state index < -0.39 is 23.8 Å². The molecule has 0 aliphatic carbocycles. The minimum absolute atomic E-state index is 0.324. The van der Waals surface area contributed by atoms with Gasteiger partial charge in [0, 0.05) is 5.69 Å². The van der Waals surface area contributed by atoms with Crippen LogP contribution in [0.1, 0.15) is 17.2 Å². The number of β-lactam (4-membered cyclic amide) rings is 1. The maximum atomic E-state index is 12.7. The Bertz CT molecular complexity index is 742. The summed E-state index contributed by atoms with van der Waals surface area (Å²) in [6.45, 7) is 0. The zero-order chi connectivity index (χ0) is 17.5. The molecule has 4 nitrogen and oxygen atoms in total. The normalized spacial score (nSPS) is 20.7. The highest BCUT2D eigenvalue weighted by molar-refractivity contribution is 6.05. The third-order valence-electron chi connectivity index (χ3n) is 4.07. The van der Waals surface area contributed by atoms with Gasteiger partial charge in [0.2, 0.25) is 5.91 Å². The number of ether oxygens (including phenoxy) is 1. The number of benzene rings is 2. The van der Waals surface area contributed by atoms with Crippen LogP contribution < -0.4 is 15.4 Å². The van der Waals surface area contributed by atoms with Crippen LogP contribution in [0.5, 0.6) is 5.75 Å². The Labute approximate surface area is 136 Å². The first-order valence-electron chi connectivity index (χ1n) is 7.23. The quantitative estimate of drug-likeness (QED) is 0.876. The molecule has 0 unspecified atom stereocenters. The van der Waals surface area contributed by atoms with Gasteiger partial charge in [-0.2, -0.15) is 13.2 Å². The lowest BCUT2D eigenvalue weighted by Gasteiger charge is -2.45. The molecule has 3 rings (SSSR count). The third kappa shape index (κ3) is 2.71. The maximum absolute atomic E-state index is 12.7. The SMILES string of the molecule is COc1ccc([C@@H]2[C@H](N)C(=O)N2c2ccc(C(F)(F)F)cc2)cc1. The van der Waals surface area contributed by atoms with Crippen LogP contribution in [-0.4, -0.2) is 19.1 Å². The molecule has 0 bridgehead atoms. The van der Waals surface area contributed by atoms with Gasteiger partial charge in [-0.1, -0.05) is 12.1 Å². The number of methoxy groups -OCH3 is 1. The van der Waals surface area contributed by atoms with Crippen molar-refractivity contribution in [1.29, 1.82) is 0 Å². The van der Waals surface area contributed by atoms with Crippen LogP contribution >= 0.6 is 0 Å². The van der Waals surface area contributed by atoms with Gasteiger partial charge in [-0.05, 0) is 42.0 Å². The third-order valence-corrected chi connectivity index (χ3v) is 4.07. The number of rotatable bonds is 3. The molecule has 1 saturated heterocycles. The van der Waals surface area contributed by atoms with Gasteiger partial charge in [-0.3, -0.25) is 4.79 Å². The van der Waals surface area contributed by atoms with E-state index in [1.807, 2.05) is 0 Å². The zero-order valence-electron chi connectivity index (χ0n) is 12.7. The highest BCUT2D eigenvalue weighted by Crippen LogP contribution is 2.39. The number of nitrogens with zero attached hydrogens (tertiary/aromatic N) is 1. The number of halogens is 3. The number of alkyl halides is 3. The van der Waals surface area contributed by atoms with E-state index >= 15 is 0 Å². The van der Waals surface area contributed by atoms with Gasteiger partial charge in [0.25, 0.3) is 0 Å². The standard InChI is InChI=1S/C17H15F3N2O2/c1-24-13-8-2-10(3-9-13)15-14(21)16(23)22(15)12-6-4-11(5-7-12)17(18,19)20/h2-9,14-15H,21H2,1H3/t14-,15+/m0/s1. The van der Waals surface area contributed by atoms with Gasteiger partial charge in [0.15, 0.2) is 0 Å². The van der Waals surface area contributed by atoms with Crippen LogP contribution in [0.25, 0.3) is 0 Å². The fraction of sp³-hybridized carbons (Fsp3) is 0.235. The van der Waals surface area contributed by atoms with Crippen LogP contribution in [0, 0.1) is 0 Å². The van der Waals surface area contributed by atoms with Crippen molar-refractivity contribution in [3.63, 3.8) is 0 Å². The van der Waals surface area contributed by atoms with Gasteiger partial charge in [-0.15, -0.1) is 0 Å². The van der Waals surface area contributed by atoms with E-state index in [0.29, 0.717) is 11.4 Å². The van der Waals surface area contributed by atoms with Crippen molar-refractivity contribution in [1.82, 2.24) is 0 Å². The van der Waals surface area contributed by atoms with Crippen LogP contribution in [0.15, 0.2) is 48.5 Å². The van der Waals surface area contributed by atoms with E-state index in [2.05, 4.69) is 0 Å². The van der Waals surface area contributed by atoms with E-state index in [0.717, 1.165) is 17.7 Å². The first-order valence-corrected chi connectivity index (χ1v) is 7.23. The van der Waals surface area contributed by atoms with Crippen molar-refractivity contribution < 1.29 is 22.7 Å². The maximum Gasteiger partial charge on any atom is 0.416 e. The summed E-state index contributed by atoms with van der Waals surface area (Å²) in [4.78, 5) is 13.5. The van der Waals surface area contributed by atoms with E-state index in [1.165, 1.54) is 17.0 Å². The summed E-state index contributed by atoms with van der Waals surface area (Å²) < 4.78 is 43.1. The van der Waals surface area contributed by atoms with Gasteiger partial charge in [0.1, 0.15) is 11.8 Å². The number of nitrogens with two attached hydrogens (primary N) is 1.